The molecule has 0 heterocycles. The summed E-state index contributed by atoms with van der Waals surface area (Å²) in [5, 5.41) is 0. The van der Waals surface area contributed by atoms with Gasteiger partial charge in [0.25, 0.3) is 0 Å². The van der Waals surface area contributed by atoms with E-state index in [9.17, 15) is 9.59 Å². The molecule has 150 valence electrons. The lowest BCUT2D eigenvalue weighted by Gasteiger charge is -2.18. The number of carbonyl (C=O) groups excluding carboxylic acids is 2. The molecular weight excluding hydrogens is 354 g/mol. The van der Waals surface area contributed by atoms with E-state index < -0.39 is 23.1 Å². The van der Waals surface area contributed by atoms with Gasteiger partial charge in [0.15, 0.2) is 0 Å². The third-order valence-corrected chi connectivity index (χ3v) is 3.03. The summed E-state index contributed by atoms with van der Waals surface area (Å²) in [5.41, 5.74) is -0.0661. The molecule has 5 nitrogen and oxygen atoms in total. The van der Waals surface area contributed by atoms with Crippen LogP contribution < -0.4 is 0 Å². The number of benzene rings is 1. The summed E-state index contributed by atoms with van der Waals surface area (Å²) in [4.78, 5) is 25.4. The minimum atomic E-state index is -0.575. The molecule has 0 bridgehead atoms. The molecule has 0 N–H and O–H groups in total. The Morgan fingerprint density at radius 1 is 0.821 bits per heavy atom. The first-order valence-electron chi connectivity index (χ1n) is 9.14. The molecule has 0 saturated carbocycles. The zero-order valence-electron chi connectivity index (χ0n) is 17.6. The van der Waals surface area contributed by atoms with E-state index in [0.29, 0.717) is 19.6 Å². The van der Waals surface area contributed by atoms with Crippen LogP contribution in [0.25, 0.3) is 0 Å². The fourth-order valence-electron chi connectivity index (χ4n) is 2.06. The Bertz CT molecular complexity index is 730. The van der Waals surface area contributed by atoms with Gasteiger partial charge in [0.1, 0.15) is 11.2 Å². The zero-order chi connectivity index (χ0) is 21.2. The number of rotatable bonds is 4. The molecule has 1 aromatic rings. The van der Waals surface area contributed by atoms with Gasteiger partial charge in [-0.3, -0.25) is 4.90 Å². The van der Waals surface area contributed by atoms with Crippen LogP contribution in [0.2, 0.25) is 0 Å². The number of hydrogen-bond acceptors (Lipinski definition) is 5. The number of carbonyl (C=O) groups is 2. The maximum absolute atomic E-state index is 11.7. The third-order valence-electron chi connectivity index (χ3n) is 3.03. The molecule has 0 aliphatic carbocycles. The van der Waals surface area contributed by atoms with Crippen LogP contribution in [0.1, 0.15) is 47.1 Å². The van der Waals surface area contributed by atoms with E-state index in [1.165, 1.54) is 0 Å². The second kappa shape index (κ2) is 10.5. The molecule has 1 rings (SSSR count). The number of ether oxygens (including phenoxy) is 2. The first-order chi connectivity index (χ1) is 12.9. The maximum atomic E-state index is 11.7. The number of esters is 2. The second-order valence-corrected chi connectivity index (χ2v) is 8.24. The van der Waals surface area contributed by atoms with Gasteiger partial charge in [-0.2, -0.15) is 0 Å². The van der Waals surface area contributed by atoms with Gasteiger partial charge in [-0.1, -0.05) is 42.2 Å². The summed E-state index contributed by atoms with van der Waals surface area (Å²) >= 11 is 0. The zero-order valence-corrected chi connectivity index (χ0v) is 17.6. The smallest absolute Gasteiger partial charge is 0.384 e. The van der Waals surface area contributed by atoms with Crippen molar-refractivity contribution >= 4 is 11.9 Å². The predicted octanol–water partition coefficient (Wildman–Crippen LogP) is 3.18. The van der Waals surface area contributed by atoms with E-state index in [0.717, 1.165) is 5.56 Å². The molecule has 0 spiro atoms. The fourth-order valence-corrected chi connectivity index (χ4v) is 2.06. The molecule has 0 aromatic heterocycles. The molecule has 0 atom stereocenters. The first kappa shape index (κ1) is 23.3. The monoisotopic (exact) mass is 383 g/mol. The molecule has 0 saturated heterocycles. The van der Waals surface area contributed by atoms with E-state index in [1.807, 2.05) is 35.2 Å². The molecule has 5 heteroatoms. The van der Waals surface area contributed by atoms with Crippen LogP contribution in [0.5, 0.6) is 0 Å². The van der Waals surface area contributed by atoms with Crippen LogP contribution in [0.3, 0.4) is 0 Å². The summed E-state index contributed by atoms with van der Waals surface area (Å²) in [7, 11) is 0. The van der Waals surface area contributed by atoms with Crippen molar-refractivity contribution in [3.05, 3.63) is 35.9 Å². The third kappa shape index (κ3) is 11.8. The molecule has 0 amide bonds. The largest absolute Gasteiger partial charge is 0.450 e. The van der Waals surface area contributed by atoms with E-state index in [4.69, 9.17) is 9.47 Å². The fraction of sp³-hybridized carbons (Fsp3) is 0.478. The van der Waals surface area contributed by atoms with E-state index in [2.05, 4.69) is 23.7 Å². The lowest BCUT2D eigenvalue weighted by Crippen LogP contribution is -2.26. The quantitative estimate of drug-likeness (QED) is 0.454. The average molecular weight is 383 g/mol. The van der Waals surface area contributed by atoms with Crippen molar-refractivity contribution in [1.29, 1.82) is 0 Å². The highest BCUT2D eigenvalue weighted by Crippen LogP contribution is 2.07. The summed E-state index contributed by atoms with van der Waals surface area (Å²) in [6.07, 6.45) is 0. The van der Waals surface area contributed by atoms with E-state index in [-0.39, 0.29) is 0 Å². The molecule has 0 unspecified atom stereocenters. The van der Waals surface area contributed by atoms with Crippen LogP contribution in [-0.4, -0.2) is 41.1 Å². The van der Waals surface area contributed by atoms with Gasteiger partial charge in [-0.25, -0.2) is 9.59 Å². The van der Waals surface area contributed by atoms with E-state index in [1.54, 1.807) is 41.5 Å². The van der Waals surface area contributed by atoms with Crippen LogP contribution in [0.4, 0.5) is 0 Å². The summed E-state index contributed by atoms with van der Waals surface area (Å²) in [6.45, 7) is 12.0. The Balaban J connectivity index is 2.76. The number of hydrogen-bond donors (Lipinski definition) is 0. The van der Waals surface area contributed by atoms with Crippen molar-refractivity contribution in [2.24, 2.45) is 0 Å². The van der Waals surface area contributed by atoms with Gasteiger partial charge >= 0.3 is 11.9 Å². The normalized spacial score (nSPS) is 11.0. The van der Waals surface area contributed by atoms with Crippen molar-refractivity contribution in [2.45, 2.75) is 59.3 Å². The average Bonchev–Trinajstić information content (AvgIpc) is 2.52. The van der Waals surface area contributed by atoms with Crippen molar-refractivity contribution in [3.8, 4) is 23.7 Å². The standard InChI is InChI=1S/C23H29NO4/c1-22(2,3)27-20(25)14-10-16-24(18-19-12-8-7-9-13-19)17-11-15-21(26)28-23(4,5)6/h7-9,12-13H,16-18H2,1-6H3. The molecule has 0 radical (unpaired) electrons. The Labute approximate surface area is 168 Å². The lowest BCUT2D eigenvalue weighted by atomic mass is 10.2. The van der Waals surface area contributed by atoms with Crippen LogP contribution in [0, 0.1) is 23.7 Å². The van der Waals surface area contributed by atoms with Gasteiger partial charge in [-0.05, 0) is 47.1 Å². The lowest BCUT2D eigenvalue weighted by molar-refractivity contribution is -0.148. The Morgan fingerprint density at radius 3 is 1.64 bits per heavy atom. The van der Waals surface area contributed by atoms with Gasteiger partial charge in [0.05, 0.1) is 13.1 Å². The number of nitrogens with zero attached hydrogens (tertiary/aromatic N) is 1. The van der Waals surface area contributed by atoms with Crippen molar-refractivity contribution in [1.82, 2.24) is 4.90 Å². The van der Waals surface area contributed by atoms with Crippen LogP contribution >= 0.6 is 0 Å². The molecule has 0 aliphatic heterocycles. The highest BCUT2D eigenvalue weighted by Gasteiger charge is 2.15. The second-order valence-electron chi connectivity index (χ2n) is 8.24. The van der Waals surface area contributed by atoms with Crippen molar-refractivity contribution in [3.63, 3.8) is 0 Å². The van der Waals surface area contributed by atoms with Crippen molar-refractivity contribution < 1.29 is 19.1 Å². The Hall–Kier alpha value is -2.76. The molecule has 28 heavy (non-hydrogen) atoms. The Morgan fingerprint density at radius 2 is 1.25 bits per heavy atom. The summed E-state index contributed by atoms with van der Waals surface area (Å²) in [5.74, 6) is 9.50. The van der Waals surface area contributed by atoms with Gasteiger partial charge in [0.2, 0.25) is 0 Å². The molecular formula is C23H29NO4. The van der Waals surface area contributed by atoms with Crippen LogP contribution in [-0.2, 0) is 25.6 Å². The topological polar surface area (TPSA) is 55.8 Å². The Kier molecular flexibility index (Phi) is 8.76. The summed E-state index contributed by atoms with van der Waals surface area (Å²) in [6, 6.07) is 9.84. The highest BCUT2D eigenvalue weighted by molar-refractivity contribution is 5.89. The molecule has 0 aliphatic rings. The SMILES string of the molecule is CC(C)(C)OC(=O)C#CCN(CC#CC(=O)OC(C)(C)C)Cc1ccccc1. The first-order valence-corrected chi connectivity index (χ1v) is 9.14. The van der Waals surface area contributed by atoms with Crippen LogP contribution in [0.15, 0.2) is 30.3 Å². The van der Waals surface area contributed by atoms with Crippen molar-refractivity contribution in [2.75, 3.05) is 13.1 Å². The van der Waals surface area contributed by atoms with Gasteiger partial charge in [0, 0.05) is 18.4 Å². The maximum Gasteiger partial charge on any atom is 0.384 e. The predicted molar refractivity (Wildman–Crippen MR) is 109 cm³/mol. The van der Waals surface area contributed by atoms with Gasteiger partial charge in [-0.15, -0.1) is 0 Å². The minimum Gasteiger partial charge on any atom is -0.450 e. The highest BCUT2D eigenvalue weighted by atomic mass is 16.6. The molecule has 0 fully saturated rings. The summed E-state index contributed by atoms with van der Waals surface area (Å²) < 4.78 is 10.4. The van der Waals surface area contributed by atoms with E-state index >= 15 is 0 Å². The minimum absolute atomic E-state index is 0.317. The van der Waals surface area contributed by atoms with Gasteiger partial charge < -0.3 is 9.47 Å². The molecule has 1 aromatic carbocycles.